The number of ketones is 2. The number of carbonyl (C=O) groups excluding carboxylic acids is 4. The molecule has 0 unspecified atom stereocenters. The van der Waals surface area contributed by atoms with E-state index in [1.54, 1.807) is 24.3 Å². The monoisotopic (exact) mass is 307 g/mol. The Bertz CT molecular complexity index is 873. The summed E-state index contributed by atoms with van der Waals surface area (Å²) in [6.45, 7) is 2.24. The number of imide groups is 1. The Balaban J connectivity index is 2.12. The standard InChI is InChI=1S/C18H13NO4/c1-2-7-19-17(22)11-5-3-9-13(20)8-14(21)10-4-6-12(18(19)23)16(11)15(9)10/h3-6H,2,7-8H2,1H3. The second-order valence-corrected chi connectivity index (χ2v) is 5.86. The fourth-order valence-corrected chi connectivity index (χ4v) is 3.46. The minimum absolute atomic E-state index is 0.162. The lowest BCUT2D eigenvalue weighted by Gasteiger charge is -2.28. The zero-order valence-electron chi connectivity index (χ0n) is 12.5. The minimum Gasteiger partial charge on any atom is -0.294 e. The molecule has 2 aliphatic rings. The molecular weight excluding hydrogens is 294 g/mol. The predicted molar refractivity (Wildman–Crippen MR) is 82.9 cm³/mol. The molecule has 5 nitrogen and oxygen atoms in total. The second kappa shape index (κ2) is 4.59. The van der Waals surface area contributed by atoms with Gasteiger partial charge < -0.3 is 0 Å². The number of carbonyl (C=O) groups is 4. The number of hydrogen-bond acceptors (Lipinski definition) is 4. The lowest BCUT2D eigenvalue weighted by Crippen LogP contribution is -2.41. The van der Waals surface area contributed by atoms with Gasteiger partial charge in [0, 0.05) is 39.6 Å². The number of hydrogen-bond donors (Lipinski definition) is 0. The topological polar surface area (TPSA) is 71.5 Å². The van der Waals surface area contributed by atoms with E-state index in [1.807, 2.05) is 6.92 Å². The van der Waals surface area contributed by atoms with Crippen LogP contribution in [0.15, 0.2) is 24.3 Å². The molecule has 0 bridgehead atoms. The summed E-state index contributed by atoms with van der Waals surface area (Å²) in [5.41, 5.74) is 1.61. The summed E-state index contributed by atoms with van der Waals surface area (Å²) in [7, 11) is 0. The Morgan fingerprint density at radius 2 is 1.22 bits per heavy atom. The van der Waals surface area contributed by atoms with Crippen LogP contribution in [0.25, 0.3) is 10.8 Å². The molecule has 2 aromatic rings. The molecule has 0 fully saturated rings. The van der Waals surface area contributed by atoms with Crippen LogP contribution in [0, 0.1) is 0 Å². The number of amides is 2. The molecular formula is C18H13NO4. The number of nitrogens with zero attached hydrogens (tertiary/aromatic N) is 1. The van der Waals surface area contributed by atoms with Gasteiger partial charge in [0.2, 0.25) is 0 Å². The summed E-state index contributed by atoms with van der Waals surface area (Å²) in [6, 6.07) is 6.38. The highest BCUT2D eigenvalue weighted by atomic mass is 16.2. The van der Waals surface area contributed by atoms with Crippen LogP contribution in [0.3, 0.4) is 0 Å². The summed E-state index contributed by atoms with van der Waals surface area (Å²) in [4.78, 5) is 50.8. The summed E-state index contributed by atoms with van der Waals surface area (Å²) >= 11 is 0. The normalized spacial score (nSPS) is 16.5. The number of Topliss-reactive ketones (excluding diaryl/α,β-unsaturated/α-hetero) is 2. The van der Waals surface area contributed by atoms with Gasteiger partial charge in [0.1, 0.15) is 0 Å². The Kier molecular flexibility index (Phi) is 2.75. The van der Waals surface area contributed by atoms with E-state index in [0.717, 1.165) is 0 Å². The second-order valence-electron chi connectivity index (χ2n) is 5.86. The third-order valence-electron chi connectivity index (χ3n) is 4.48. The van der Waals surface area contributed by atoms with Crippen molar-refractivity contribution in [3.63, 3.8) is 0 Å². The third kappa shape index (κ3) is 1.67. The van der Waals surface area contributed by atoms with Crippen LogP contribution in [0.2, 0.25) is 0 Å². The molecule has 2 amide bonds. The third-order valence-corrected chi connectivity index (χ3v) is 4.48. The highest BCUT2D eigenvalue weighted by Crippen LogP contribution is 2.37. The van der Waals surface area contributed by atoms with Crippen LogP contribution in [0.5, 0.6) is 0 Å². The van der Waals surface area contributed by atoms with Crippen LogP contribution < -0.4 is 0 Å². The maximum absolute atomic E-state index is 12.6. The number of rotatable bonds is 2. The maximum Gasteiger partial charge on any atom is 0.261 e. The van der Waals surface area contributed by atoms with Crippen LogP contribution >= 0.6 is 0 Å². The van der Waals surface area contributed by atoms with Gasteiger partial charge >= 0.3 is 0 Å². The van der Waals surface area contributed by atoms with Gasteiger partial charge in [-0.3, -0.25) is 24.1 Å². The van der Waals surface area contributed by atoms with Crippen LogP contribution in [0.4, 0.5) is 0 Å². The summed E-state index contributed by atoms with van der Waals surface area (Å²) in [6.07, 6.45) is 0.508. The Morgan fingerprint density at radius 3 is 1.70 bits per heavy atom. The van der Waals surface area contributed by atoms with E-state index < -0.39 is 0 Å². The molecule has 1 aliphatic heterocycles. The molecule has 0 aromatic heterocycles. The van der Waals surface area contributed by atoms with Gasteiger partial charge in [-0.2, -0.15) is 0 Å². The molecule has 0 radical (unpaired) electrons. The molecule has 1 heterocycles. The van der Waals surface area contributed by atoms with E-state index in [2.05, 4.69) is 0 Å². The molecule has 23 heavy (non-hydrogen) atoms. The number of benzene rings is 2. The lowest BCUT2D eigenvalue weighted by atomic mass is 9.82. The first-order valence-electron chi connectivity index (χ1n) is 7.57. The Labute approximate surface area is 131 Å². The first kappa shape index (κ1) is 13.8. The van der Waals surface area contributed by atoms with E-state index >= 15 is 0 Å². The highest BCUT2D eigenvalue weighted by Gasteiger charge is 2.36. The molecule has 4 rings (SSSR count). The van der Waals surface area contributed by atoms with Crippen molar-refractivity contribution in [2.24, 2.45) is 0 Å². The van der Waals surface area contributed by atoms with Crippen molar-refractivity contribution in [3.8, 4) is 0 Å². The maximum atomic E-state index is 12.6. The fourth-order valence-electron chi connectivity index (χ4n) is 3.46. The van der Waals surface area contributed by atoms with Crippen LogP contribution in [-0.2, 0) is 0 Å². The average molecular weight is 307 g/mol. The van der Waals surface area contributed by atoms with Crippen molar-refractivity contribution in [2.75, 3.05) is 6.54 Å². The minimum atomic E-state index is -0.362. The molecule has 1 aliphatic carbocycles. The van der Waals surface area contributed by atoms with E-state index in [9.17, 15) is 19.2 Å². The highest BCUT2D eigenvalue weighted by molar-refractivity contribution is 6.34. The summed E-state index contributed by atoms with van der Waals surface area (Å²) in [5.74, 6) is -1.25. The van der Waals surface area contributed by atoms with E-state index in [4.69, 9.17) is 0 Å². The van der Waals surface area contributed by atoms with Crippen molar-refractivity contribution in [3.05, 3.63) is 46.5 Å². The van der Waals surface area contributed by atoms with Gasteiger partial charge in [-0.25, -0.2) is 0 Å². The molecule has 5 heteroatoms. The van der Waals surface area contributed by atoms with Gasteiger partial charge in [-0.15, -0.1) is 0 Å². The molecule has 0 atom stereocenters. The Morgan fingerprint density at radius 1 is 0.783 bits per heavy atom. The Hall–Kier alpha value is -2.82. The molecule has 0 saturated heterocycles. The molecule has 0 saturated carbocycles. The van der Waals surface area contributed by atoms with E-state index in [1.165, 1.54) is 4.90 Å². The van der Waals surface area contributed by atoms with Gasteiger partial charge in [-0.1, -0.05) is 6.92 Å². The lowest BCUT2D eigenvalue weighted by molar-refractivity contribution is 0.0609. The SMILES string of the molecule is CCCN1C(=O)c2ccc3c4c(ccc(c24)C1=O)C(=O)CC3=O. The van der Waals surface area contributed by atoms with Gasteiger partial charge in [-0.05, 0) is 30.7 Å². The predicted octanol–water partition coefficient (Wildman–Crippen LogP) is 2.61. The zero-order valence-corrected chi connectivity index (χ0v) is 12.5. The molecule has 2 aromatic carbocycles. The van der Waals surface area contributed by atoms with Crippen molar-refractivity contribution in [1.82, 2.24) is 4.90 Å². The van der Waals surface area contributed by atoms with E-state index in [-0.39, 0.29) is 29.8 Å². The van der Waals surface area contributed by atoms with Gasteiger partial charge in [0.25, 0.3) is 11.8 Å². The van der Waals surface area contributed by atoms with Crippen molar-refractivity contribution in [1.29, 1.82) is 0 Å². The first-order valence-corrected chi connectivity index (χ1v) is 7.57. The van der Waals surface area contributed by atoms with Gasteiger partial charge in [0.15, 0.2) is 11.6 Å². The van der Waals surface area contributed by atoms with Crippen LogP contribution in [0.1, 0.15) is 61.2 Å². The molecule has 114 valence electrons. The van der Waals surface area contributed by atoms with Gasteiger partial charge in [0.05, 0.1) is 6.42 Å². The van der Waals surface area contributed by atoms with Crippen molar-refractivity contribution >= 4 is 34.2 Å². The fraction of sp³-hybridized carbons (Fsp3) is 0.222. The summed E-state index contributed by atoms with van der Waals surface area (Å²) < 4.78 is 0. The quantitative estimate of drug-likeness (QED) is 0.631. The molecule has 0 N–H and O–H groups in total. The zero-order chi connectivity index (χ0) is 16.3. The van der Waals surface area contributed by atoms with Crippen LogP contribution in [-0.4, -0.2) is 34.8 Å². The first-order chi connectivity index (χ1) is 11.0. The summed E-state index contributed by atoms with van der Waals surface area (Å²) in [5, 5.41) is 0.905. The smallest absolute Gasteiger partial charge is 0.261 e. The molecule has 0 spiro atoms. The average Bonchev–Trinajstić information content (AvgIpc) is 2.54. The largest absolute Gasteiger partial charge is 0.294 e. The van der Waals surface area contributed by atoms with E-state index in [0.29, 0.717) is 46.0 Å². The van der Waals surface area contributed by atoms with Crippen molar-refractivity contribution in [2.45, 2.75) is 19.8 Å². The van der Waals surface area contributed by atoms with Crippen molar-refractivity contribution < 1.29 is 19.2 Å².